The van der Waals surface area contributed by atoms with Gasteiger partial charge in [0.25, 0.3) is 0 Å². The van der Waals surface area contributed by atoms with Crippen LogP contribution >= 0.6 is 35.3 Å². The molecule has 1 unspecified atom stereocenters. The van der Waals surface area contributed by atoms with Gasteiger partial charge < -0.3 is 15.1 Å². The van der Waals surface area contributed by atoms with E-state index in [9.17, 15) is 4.79 Å². The number of thiophene rings is 1. The van der Waals surface area contributed by atoms with Crippen molar-refractivity contribution in [3.05, 3.63) is 22.4 Å². The topological polar surface area (TPSA) is 51.2 Å². The quantitative estimate of drug-likeness (QED) is 0.324. The minimum Gasteiger partial charge on any atom is -0.357 e. The predicted octanol–water partition coefficient (Wildman–Crippen LogP) is 3.14. The lowest BCUT2D eigenvalue weighted by molar-refractivity contribution is -0.133. The number of carbonyl (C=O) groups is 1. The summed E-state index contributed by atoms with van der Waals surface area (Å²) in [5.74, 6) is 1.86. The number of aliphatic imine (C=N–C) groups is 1. The van der Waals surface area contributed by atoms with E-state index in [4.69, 9.17) is 4.99 Å². The number of piperidine rings is 1. The SMILES string of the molecule is CCNC(=NCC(C)Cc1cccs1)N1CCN(CC(=O)N2CCCCC2)CC1.I. The molecule has 3 heterocycles. The number of likely N-dealkylation sites (tertiary alicyclic amines) is 1. The number of nitrogens with one attached hydrogen (secondary N) is 1. The first-order valence-corrected chi connectivity index (χ1v) is 12.1. The zero-order chi connectivity index (χ0) is 20.5. The summed E-state index contributed by atoms with van der Waals surface area (Å²) >= 11 is 1.83. The number of halogens is 1. The standard InChI is InChI=1S/C22H37N5OS.HI/c1-3-23-22(24-17-19(2)16-20-8-7-15-29-20)27-13-11-25(12-14-27)18-21(28)26-9-5-4-6-10-26;/h7-8,15,19H,3-6,9-14,16-18H2,1-2H3,(H,23,24);1H. The van der Waals surface area contributed by atoms with Crippen LogP contribution in [0, 0.1) is 5.92 Å². The largest absolute Gasteiger partial charge is 0.357 e. The minimum absolute atomic E-state index is 0. The molecule has 1 amide bonds. The van der Waals surface area contributed by atoms with E-state index in [1.807, 2.05) is 11.3 Å². The Morgan fingerprint density at radius 2 is 1.87 bits per heavy atom. The lowest BCUT2D eigenvalue weighted by Gasteiger charge is -2.37. The molecule has 170 valence electrons. The molecule has 0 bridgehead atoms. The smallest absolute Gasteiger partial charge is 0.236 e. The van der Waals surface area contributed by atoms with E-state index >= 15 is 0 Å². The van der Waals surface area contributed by atoms with Gasteiger partial charge >= 0.3 is 0 Å². The Kier molecular flexibility index (Phi) is 11.4. The van der Waals surface area contributed by atoms with Crippen LogP contribution in [0.5, 0.6) is 0 Å². The molecule has 0 aliphatic carbocycles. The molecule has 1 atom stereocenters. The van der Waals surface area contributed by atoms with Crippen LogP contribution in [0.2, 0.25) is 0 Å². The summed E-state index contributed by atoms with van der Waals surface area (Å²) in [6, 6.07) is 4.33. The lowest BCUT2D eigenvalue weighted by atomic mass is 10.1. The van der Waals surface area contributed by atoms with Crippen LogP contribution in [-0.2, 0) is 11.2 Å². The van der Waals surface area contributed by atoms with Crippen molar-refractivity contribution < 1.29 is 4.79 Å². The van der Waals surface area contributed by atoms with Crippen molar-refractivity contribution in [2.75, 3.05) is 58.9 Å². The fourth-order valence-electron chi connectivity index (χ4n) is 4.06. The number of hydrogen-bond acceptors (Lipinski definition) is 4. The number of hydrogen-bond donors (Lipinski definition) is 1. The van der Waals surface area contributed by atoms with Gasteiger partial charge in [-0.05, 0) is 50.0 Å². The molecule has 0 aromatic carbocycles. The van der Waals surface area contributed by atoms with Gasteiger partial charge in [-0.1, -0.05) is 13.0 Å². The van der Waals surface area contributed by atoms with E-state index in [1.54, 1.807) is 0 Å². The minimum atomic E-state index is 0. The van der Waals surface area contributed by atoms with Crippen molar-refractivity contribution in [1.82, 2.24) is 20.0 Å². The molecule has 2 aliphatic rings. The normalized spacial score (nSPS) is 19.3. The maximum absolute atomic E-state index is 12.5. The number of piperazine rings is 1. The molecule has 2 aliphatic heterocycles. The Hall–Kier alpha value is -0.870. The summed E-state index contributed by atoms with van der Waals surface area (Å²) in [6.07, 6.45) is 4.67. The third-order valence-electron chi connectivity index (χ3n) is 5.76. The number of rotatable bonds is 7. The highest BCUT2D eigenvalue weighted by Gasteiger charge is 2.24. The second-order valence-corrected chi connectivity index (χ2v) is 9.32. The fraction of sp³-hybridized carbons (Fsp3) is 0.727. The number of amides is 1. The van der Waals surface area contributed by atoms with Crippen LogP contribution in [-0.4, -0.2) is 85.5 Å². The van der Waals surface area contributed by atoms with Gasteiger partial charge in [0.1, 0.15) is 0 Å². The third kappa shape index (κ3) is 8.00. The molecule has 2 fully saturated rings. The zero-order valence-electron chi connectivity index (χ0n) is 18.5. The van der Waals surface area contributed by atoms with E-state index in [0.29, 0.717) is 18.4 Å². The molecule has 1 aromatic heterocycles. The van der Waals surface area contributed by atoms with Gasteiger partial charge in [0, 0.05) is 57.2 Å². The van der Waals surface area contributed by atoms with Crippen LogP contribution in [0.15, 0.2) is 22.5 Å². The van der Waals surface area contributed by atoms with Gasteiger partial charge in [-0.25, -0.2) is 0 Å². The van der Waals surface area contributed by atoms with Gasteiger partial charge in [0.05, 0.1) is 6.54 Å². The second-order valence-electron chi connectivity index (χ2n) is 8.29. The molecule has 30 heavy (non-hydrogen) atoms. The van der Waals surface area contributed by atoms with Crippen molar-refractivity contribution >= 4 is 47.2 Å². The molecule has 3 rings (SSSR count). The van der Waals surface area contributed by atoms with E-state index in [0.717, 1.165) is 77.6 Å². The zero-order valence-corrected chi connectivity index (χ0v) is 21.7. The van der Waals surface area contributed by atoms with Gasteiger partial charge in [-0.3, -0.25) is 14.7 Å². The number of nitrogens with zero attached hydrogens (tertiary/aromatic N) is 4. The van der Waals surface area contributed by atoms with Crippen LogP contribution in [0.25, 0.3) is 0 Å². The summed E-state index contributed by atoms with van der Waals surface area (Å²) in [6.45, 7) is 12.3. The van der Waals surface area contributed by atoms with Crippen LogP contribution in [0.4, 0.5) is 0 Å². The average molecular weight is 548 g/mol. The highest BCUT2D eigenvalue weighted by molar-refractivity contribution is 14.0. The van der Waals surface area contributed by atoms with E-state index < -0.39 is 0 Å². The van der Waals surface area contributed by atoms with Gasteiger partial charge in [-0.2, -0.15) is 0 Å². The molecular weight excluding hydrogens is 509 g/mol. The first-order chi connectivity index (χ1) is 14.2. The monoisotopic (exact) mass is 547 g/mol. The molecule has 6 nitrogen and oxygen atoms in total. The van der Waals surface area contributed by atoms with Crippen molar-refractivity contribution in [3.8, 4) is 0 Å². The molecule has 1 aromatic rings. The average Bonchev–Trinajstić information content (AvgIpc) is 3.25. The molecule has 8 heteroatoms. The molecule has 0 saturated carbocycles. The lowest BCUT2D eigenvalue weighted by Crippen LogP contribution is -2.54. The summed E-state index contributed by atoms with van der Waals surface area (Å²) in [4.78, 5) is 25.6. The Bertz CT molecular complexity index is 640. The first-order valence-electron chi connectivity index (χ1n) is 11.2. The third-order valence-corrected chi connectivity index (χ3v) is 6.66. The molecule has 0 radical (unpaired) electrons. The Morgan fingerprint density at radius 1 is 1.13 bits per heavy atom. The Labute approximate surface area is 203 Å². The van der Waals surface area contributed by atoms with Crippen molar-refractivity contribution in [3.63, 3.8) is 0 Å². The van der Waals surface area contributed by atoms with Crippen molar-refractivity contribution in [2.24, 2.45) is 10.9 Å². The van der Waals surface area contributed by atoms with Crippen LogP contribution in [0.3, 0.4) is 0 Å². The molecule has 0 spiro atoms. The van der Waals surface area contributed by atoms with Crippen molar-refractivity contribution in [2.45, 2.75) is 39.5 Å². The van der Waals surface area contributed by atoms with Crippen LogP contribution < -0.4 is 5.32 Å². The fourth-order valence-corrected chi connectivity index (χ4v) is 4.93. The van der Waals surface area contributed by atoms with E-state index in [2.05, 4.69) is 51.4 Å². The summed E-state index contributed by atoms with van der Waals surface area (Å²) in [5.41, 5.74) is 0. The van der Waals surface area contributed by atoms with Gasteiger partial charge in [-0.15, -0.1) is 35.3 Å². The summed E-state index contributed by atoms with van der Waals surface area (Å²) < 4.78 is 0. The van der Waals surface area contributed by atoms with Crippen molar-refractivity contribution in [1.29, 1.82) is 0 Å². The Balaban J connectivity index is 0.00000320. The first kappa shape index (κ1) is 25.4. The predicted molar refractivity (Wildman–Crippen MR) is 137 cm³/mol. The number of guanidine groups is 1. The highest BCUT2D eigenvalue weighted by Crippen LogP contribution is 2.15. The molecule has 1 N–H and O–H groups in total. The summed E-state index contributed by atoms with van der Waals surface area (Å²) in [7, 11) is 0. The van der Waals surface area contributed by atoms with Crippen LogP contribution in [0.1, 0.15) is 38.0 Å². The number of carbonyl (C=O) groups excluding carboxylic acids is 1. The maximum Gasteiger partial charge on any atom is 0.236 e. The second kappa shape index (κ2) is 13.5. The van der Waals surface area contributed by atoms with Gasteiger partial charge in [0.15, 0.2) is 5.96 Å². The summed E-state index contributed by atoms with van der Waals surface area (Å²) in [5, 5.41) is 5.60. The maximum atomic E-state index is 12.5. The van der Waals surface area contributed by atoms with E-state index in [1.165, 1.54) is 11.3 Å². The Morgan fingerprint density at radius 3 is 2.50 bits per heavy atom. The van der Waals surface area contributed by atoms with E-state index in [-0.39, 0.29) is 24.0 Å². The van der Waals surface area contributed by atoms with Gasteiger partial charge in [0.2, 0.25) is 5.91 Å². The molecular formula is C22H38IN5OS. The highest BCUT2D eigenvalue weighted by atomic mass is 127. The molecule has 2 saturated heterocycles.